The van der Waals surface area contributed by atoms with E-state index in [1.54, 1.807) is 12.4 Å². The quantitative estimate of drug-likeness (QED) is 0.779. The van der Waals surface area contributed by atoms with E-state index in [0.717, 1.165) is 36.2 Å². The molecular weight excluding hydrogens is 366 g/mol. The molecule has 2 aliphatic rings. The molecule has 2 aliphatic heterocycles. The van der Waals surface area contributed by atoms with E-state index in [-0.39, 0.29) is 17.4 Å². The van der Waals surface area contributed by atoms with Crippen molar-refractivity contribution in [3.05, 3.63) is 53.9 Å². The van der Waals surface area contributed by atoms with E-state index in [1.165, 1.54) is 6.33 Å². The predicted molar refractivity (Wildman–Crippen MR) is 108 cm³/mol. The molecule has 4 heterocycles. The van der Waals surface area contributed by atoms with Gasteiger partial charge >= 0.3 is 0 Å². The van der Waals surface area contributed by atoms with Gasteiger partial charge in [0.25, 0.3) is 0 Å². The second-order valence-electron chi connectivity index (χ2n) is 8.10. The SMILES string of the molecule is Cc1cccc(CN2C(=O)CCC23CCN(C(=O)CCc2cncnc2)CC3)n1. The van der Waals surface area contributed by atoms with Crippen molar-refractivity contribution in [2.75, 3.05) is 13.1 Å². The molecule has 29 heavy (non-hydrogen) atoms. The maximum Gasteiger partial charge on any atom is 0.223 e. The van der Waals surface area contributed by atoms with Crippen molar-refractivity contribution in [1.82, 2.24) is 24.8 Å². The molecule has 2 fully saturated rings. The summed E-state index contributed by atoms with van der Waals surface area (Å²) in [6, 6.07) is 5.94. The van der Waals surface area contributed by atoms with Gasteiger partial charge in [0.05, 0.1) is 12.2 Å². The second-order valence-corrected chi connectivity index (χ2v) is 8.10. The fourth-order valence-electron chi connectivity index (χ4n) is 4.54. The Kier molecular flexibility index (Phi) is 5.56. The number of nitrogens with zero attached hydrogens (tertiary/aromatic N) is 5. The molecule has 7 heteroatoms. The highest BCUT2D eigenvalue weighted by Gasteiger charge is 2.47. The van der Waals surface area contributed by atoms with Crippen molar-refractivity contribution in [3.63, 3.8) is 0 Å². The molecule has 0 radical (unpaired) electrons. The summed E-state index contributed by atoms with van der Waals surface area (Å²) in [6.45, 7) is 3.93. The average molecular weight is 393 g/mol. The number of aryl methyl sites for hydroxylation is 2. The van der Waals surface area contributed by atoms with Gasteiger partial charge in [-0.3, -0.25) is 14.6 Å². The molecule has 2 aromatic heterocycles. The van der Waals surface area contributed by atoms with Gasteiger partial charge in [-0.05, 0) is 50.3 Å². The van der Waals surface area contributed by atoms with Crippen LogP contribution >= 0.6 is 0 Å². The van der Waals surface area contributed by atoms with Gasteiger partial charge in [0, 0.05) is 49.6 Å². The van der Waals surface area contributed by atoms with Crippen LogP contribution in [0, 0.1) is 6.92 Å². The molecule has 2 saturated heterocycles. The first-order valence-corrected chi connectivity index (χ1v) is 10.3. The Labute approximate surface area is 171 Å². The molecule has 0 atom stereocenters. The van der Waals surface area contributed by atoms with Gasteiger partial charge in [0.15, 0.2) is 0 Å². The Morgan fingerprint density at radius 3 is 2.62 bits per heavy atom. The van der Waals surface area contributed by atoms with Gasteiger partial charge in [-0.2, -0.15) is 0 Å². The third kappa shape index (κ3) is 4.28. The van der Waals surface area contributed by atoms with E-state index in [1.807, 2.05) is 34.9 Å². The Hall–Kier alpha value is -2.83. The van der Waals surface area contributed by atoms with E-state index in [4.69, 9.17) is 0 Å². The van der Waals surface area contributed by atoms with E-state index in [2.05, 4.69) is 15.0 Å². The van der Waals surface area contributed by atoms with Gasteiger partial charge in [0.2, 0.25) is 11.8 Å². The molecule has 0 saturated carbocycles. The highest BCUT2D eigenvalue weighted by atomic mass is 16.2. The third-order valence-electron chi connectivity index (χ3n) is 6.23. The first-order chi connectivity index (χ1) is 14.1. The number of hydrogen-bond donors (Lipinski definition) is 0. The van der Waals surface area contributed by atoms with Crippen molar-refractivity contribution in [1.29, 1.82) is 0 Å². The monoisotopic (exact) mass is 393 g/mol. The van der Waals surface area contributed by atoms with Crippen molar-refractivity contribution in [3.8, 4) is 0 Å². The fourth-order valence-corrected chi connectivity index (χ4v) is 4.54. The highest BCUT2D eigenvalue weighted by molar-refractivity contribution is 5.80. The number of hydrogen-bond acceptors (Lipinski definition) is 5. The smallest absolute Gasteiger partial charge is 0.223 e. The Morgan fingerprint density at radius 1 is 1.14 bits per heavy atom. The molecule has 0 N–H and O–H groups in total. The molecule has 2 aromatic rings. The zero-order valence-corrected chi connectivity index (χ0v) is 16.9. The maximum atomic E-state index is 12.6. The molecule has 0 aromatic carbocycles. The minimum atomic E-state index is -0.132. The molecule has 0 aliphatic carbocycles. The van der Waals surface area contributed by atoms with Crippen molar-refractivity contribution < 1.29 is 9.59 Å². The second kappa shape index (κ2) is 8.27. The van der Waals surface area contributed by atoms with Gasteiger partial charge in [-0.15, -0.1) is 0 Å². The Bertz CT molecular complexity index is 878. The number of rotatable bonds is 5. The van der Waals surface area contributed by atoms with Crippen LogP contribution in [-0.4, -0.2) is 55.2 Å². The van der Waals surface area contributed by atoms with Crippen LogP contribution in [0.5, 0.6) is 0 Å². The lowest BCUT2D eigenvalue weighted by Gasteiger charge is -2.45. The van der Waals surface area contributed by atoms with Gasteiger partial charge in [0.1, 0.15) is 6.33 Å². The molecule has 4 rings (SSSR count). The number of pyridine rings is 1. The summed E-state index contributed by atoms with van der Waals surface area (Å²) in [5.74, 6) is 0.372. The predicted octanol–water partition coefficient (Wildman–Crippen LogP) is 2.30. The number of carbonyl (C=O) groups excluding carboxylic acids is 2. The van der Waals surface area contributed by atoms with Crippen LogP contribution in [0.25, 0.3) is 0 Å². The average Bonchev–Trinajstić information content (AvgIpc) is 3.03. The molecule has 7 nitrogen and oxygen atoms in total. The fraction of sp³-hybridized carbons (Fsp3) is 0.500. The molecule has 152 valence electrons. The summed E-state index contributed by atoms with van der Waals surface area (Å²) in [5.41, 5.74) is 2.75. The van der Waals surface area contributed by atoms with Gasteiger partial charge < -0.3 is 9.80 Å². The Morgan fingerprint density at radius 2 is 1.90 bits per heavy atom. The number of carbonyl (C=O) groups is 2. The summed E-state index contributed by atoms with van der Waals surface area (Å²) in [4.78, 5) is 41.8. The topological polar surface area (TPSA) is 79.3 Å². The van der Waals surface area contributed by atoms with E-state index >= 15 is 0 Å². The lowest BCUT2D eigenvalue weighted by molar-refractivity contribution is -0.137. The minimum Gasteiger partial charge on any atom is -0.343 e. The van der Waals surface area contributed by atoms with Crippen LogP contribution in [0.3, 0.4) is 0 Å². The van der Waals surface area contributed by atoms with E-state index in [0.29, 0.717) is 38.9 Å². The van der Waals surface area contributed by atoms with E-state index in [9.17, 15) is 9.59 Å². The number of likely N-dealkylation sites (tertiary alicyclic amines) is 2. The number of aromatic nitrogens is 3. The van der Waals surface area contributed by atoms with Crippen molar-refractivity contribution in [2.24, 2.45) is 0 Å². The van der Waals surface area contributed by atoms with Crippen molar-refractivity contribution >= 4 is 11.8 Å². The number of amides is 2. The zero-order valence-electron chi connectivity index (χ0n) is 16.9. The maximum absolute atomic E-state index is 12.6. The molecule has 2 amide bonds. The molecule has 1 spiro atoms. The normalized spacial score (nSPS) is 18.4. The summed E-state index contributed by atoms with van der Waals surface area (Å²) < 4.78 is 0. The lowest BCUT2D eigenvalue weighted by atomic mass is 9.84. The molecule has 0 bridgehead atoms. The number of piperidine rings is 1. The van der Waals surface area contributed by atoms with Gasteiger partial charge in [-0.1, -0.05) is 6.07 Å². The minimum absolute atomic E-state index is 0.132. The van der Waals surface area contributed by atoms with Crippen LogP contribution in [-0.2, 0) is 22.6 Å². The highest BCUT2D eigenvalue weighted by Crippen LogP contribution is 2.40. The largest absolute Gasteiger partial charge is 0.343 e. The van der Waals surface area contributed by atoms with Crippen LogP contribution in [0.2, 0.25) is 0 Å². The lowest BCUT2D eigenvalue weighted by Crippen LogP contribution is -2.53. The third-order valence-corrected chi connectivity index (χ3v) is 6.23. The summed E-state index contributed by atoms with van der Waals surface area (Å²) in [5, 5.41) is 0. The molecular formula is C22H27N5O2. The summed E-state index contributed by atoms with van der Waals surface area (Å²) >= 11 is 0. The van der Waals surface area contributed by atoms with Crippen molar-refractivity contribution in [2.45, 2.75) is 57.5 Å². The zero-order chi connectivity index (χ0) is 20.3. The Balaban J connectivity index is 1.36. The van der Waals surface area contributed by atoms with Crippen LogP contribution < -0.4 is 0 Å². The van der Waals surface area contributed by atoms with E-state index < -0.39 is 0 Å². The summed E-state index contributed by atoms with van der Waals surface area (Å²) in [7, 11) is 0. The first-order valence-electron chi connectivity index (χ1n) is 10.3. The summed E-state index contributed by atoms with van der Waals surface area (Å²) in [6.07, 6.45) is 9.28. The van der Waals surface area contributed by atoms with Crippen LogP contribution in [0.1, 0.15) is 49.1 Å². The van der Waals surface area contributed by atoms with Crippen LogP contribution in [0.15, 0.2) is 36.9 Å². The van der Waals surface area contributed by atoms with Gasteiger partial charge in [-0.25, -0.2) is 9.97 Å². The first kappa shape index (κ1) is 19.5. The molecule has 0 unspecified atom stereocenters. The van der Waals surface area contributed by atoms with Crippen LogP contribution in [0.4, 0.5) is 0 Å². The standard InChI is InChI=1S/C22H27N5O2/c1-17-3-2-4-19(25-17)15-27-21(29)7-8-22(27)9-11-26(12-10-22)20(28)6-5-18-13-23-16-24-14-18/h2-4,13-14,16H,5-12,15H2,1H3.